The van der Waals surface area contributed by atoms with E-state index >= 15 is 0 Å². The topological polar surface area (TPSA) is 25.2 Å². The summed E-state index contributed by atoms with van der Waals surface area (Å²) in [6.45, 7) is 0. The normalized spacial score (nSPS) is 12.7. The van der Waals surface area contributed by atoms with Crippen LogP contribution < -0.4 is 5.32 Å². The molecule has 0 aliphatic rings. The van der Waals surface area contributed by atoms with Crippen molar-refractivity contribution in [2.75, 3.05) is 7.05 Å². The van der Waals surface area contributed by atoms with E-state index in [0.29, 0.717) is 0 Å². The van der Waals surface area contributed by atoms with E-state index in [1.165, 1.54) is 0 Å². The number of nitrogens with one attached hydrogen (secondary N) is 1. The smallest absolute Gasteiger partial charge is 0.139 e. The van der Waals surface area contributed by atoms with Crippen molar-refractivity contribution in [3.05, 3.63) is 57.4 Å². The van der Waals surface area contributed by atoms with Crippen LogP contribution in [0.3, 0.4) is 0 Å². The second kappa shape index (κ2) is 5.04. The highest BCUT2D eigenvalue weighted by molar-refractivity contribution is 9.10. The molecule has 0 saturated carbocycles. The molecular formula is C12H11BrClNO. The summed E-state index contributed by atoms with van der Waals surface area (Å²) >= 11 is 9.43. The van der Waals surface area contributed by atoms with Crippen molar-refractivity contribution in [1.29, 1.82) is 0 Å². The molecule has 0 bridgehead atoms. The van der Waals surface area contributed by atoms with Crippen LogP contribution in [0.25, 0.3) is 0 Å². The van der Waals surface area contributed by atoms with E-state index in [-0.39, 0.29) is 6.04 Å². The van der Waals surface area contributed by atoms with Crippen LogP contribution in [-0.2, 0) is 0 Å². The summed E-state index contributed by atoms with van der Waals surface area (Å²) in [5.41, 5.74) is 1.07. The molecule has 1 heterocycles. The molecule has 0 spiro atoms. The van der Waals surface area contributed by atoms with Crippen LogP contribution in [0.4, 0.5) is 0 Å². The molecule has 1 aromatic heterocycles. The monoisotopic (exact) mass is 299 g/mol. The first-order chi connectivity index (χ1) is 7.72. The van der Waals surface area contributed by atoms with Gasteiger partial charge in [0.05, 0.1) is 16.8 Å². The zero-order valence-corrected chi connectivity index (χ0v) is 11.0. The largest absolute Gasteiger partial charge is 0.466 e. The molecule has 1 atom stereocenters. The van der Waals surface area contributed by atoms with Gasteiger partial charge in [-0.15, -0.1) is 0 Å². The molecule has 1 N–H and O–H groups in total. The van der Waals surface area contributed by atoms with E-state index < -0.39 is 0 Å². The van der Waals surface area contributed by atoms with Crippen LogP contribution in [0.2, 0.25) is 5.02 Å². The fourth-order valence-corrected chi connectivity index (χ4v) is 2.28. The van der Waals surface area contributed by atoms with Crippen molar-refractivity contribution in [1.82, 2.24) is 5.32 Å². The minimum atomic E-state index is 0.00285. The maximum atomic E-state index is 5.98. The summed E-state index contributed by atoms with van der Waals surface area (Å²) in [7, 11) is 1.89. The van der Waals surface area contributed by atoms with E-state index in [1.807, 2.05) is 37.4 Å². The highest BCUT2D eigenvalue weighted by Crippen LogP contribution is 2.30. The third kappa shape index (κ3) is 2.32. The van der Waals surface area contributed by atoms with Crippen LogP contribution in [0, 0.1) is 0 Å². The highest BCUT2D eigenvalue weighted by Gasteiger charge is 2.18. The van der Waals surface area contributed by atoms with E-state index in [2.05, 4.69) is 21.2 Å². The molecule has 2 aromatic rings. The third-order valence-corrected chi connectivity index (χ3v) is 3.27. The minimum absolute atomic E-state index is 0.00285. The molecule has 0 saturated heterocycles. The average molecular weight is 301 g/mol. The van der Waals surface area contributed by atoms with Crippen molar-refractivity contribution in [3.63, 3.8) is 0 Å². The van der Waals surface area contributed by atoms with Gasteiger partial charge in [-0.2, -0.15) is 0 Å². The molecule has 0 fully saturated rings. The Kier molecular flexibility index (Phi) is 3.69. The fraction of sp³-hybridized carbons (Fsp3) is 0.167. The number of halogens is 2. The van der Waals surface area contributed by atoms with Gasteiger partial charge >= 0.3 is 0 Å². The molecule has 1 aromatic carbocycles. The van der Waals surface area contributed by atoms with Gasteiger partial charge in [-0.25, -0.2) is 0 Å². The molecule has 84 valence electrons. The van der Waals surface area contributed by atoms with E-state index in [1.54, 1.807) is 6.26 Å². The van der Waals surface area contributed by atoms with Crippen LogP contribution in [-0.4, -0.2) is 7.05 Å². The van der Waals surface area contributed by atoms with Crippen molar-refractivity contribution >= 4 is 27.5 Å². The standard InChI is InChI=1S/C12H11BrClNO/c1-15-11(12-10(13)5-6-16-12)8-3-2-4-9(14)7-8/h2-7,11,15H,1H3. The van der Waals surface area contributed by atoms with Crippen LogP contribution in [0.1, 0.15) is 17.4 Å². The summed E-state index contributed by atoms with van der Waals surface area (Å²) in [6, 6.07) is 9.61. The van der Waals surface area contributed by atoms with Crippen molar-refractivity contribution < 1.29 is 4.42 Å². The molecule has 0 radical (unpaired) electrons. The Labute approximate surface area is 108 Å². The summed E-state index contributed by atoms with van der Waals surface area (Å²) in [4.78, 5) is 0. The molecule has 4 heteroatoms. The predicted octanol–water partition coefficient (Wildman–Crippen LogP) is 4.00. The van der Waals surface area contributed by atoms with Gasteiger partial charge in [0.15, 0.2) is 0 Å². The molecule has 16 heavy (non-hydrogen) atoms. The first kappa shape index (κ1) is 11.7. The first-order valence-corrected chi connectivity index (χ1v) is 6.05. The van der Waals surface area contributed by atoms with Crippen molar-refractivity contribution in [2.24, 2.45) is 0 Å². The predicted molar refractivity (Wildman–Crippen MR) is 68.8 cm³/mol. The van der Waals surface area contributed by atoms with Crippen LogP contribution >= 0.6 is 27.5 Å². The lowest BCUT2D eigenvalue weighted by Gasteiger charge is -2.15. The lowest BCUT2D eigenvalue weighted by molar-refractivity contribution is 0.461. The SMILES string of the molecule is CNC(c1cccc(Cl)c1)c1occc1Br. The molecular weight excluding hydrogens is 289 g/mol. The lowest BCUT2D eigenvalue weighted by atomic mass is 10.1. The number of benzene rings is 1. The van der Waals surface area contributed by atoms with E-state index in [4.69, 9.17) is 16.0 Å². The van der Waals surface area contributed by atoms with Gasteiger partial charge in [-0.1, -0.05) is 23.7 Å². The second-order valence-corrected chi connectivity index (χ2v) is 4.70. The van der Waals surface area contributed by atoms with E-state index in [0.717, 1.165) is 20.8 Å². The Bertz CT molecular complexity index is 483. The van der Waals surface area contributed by atoms with Crippen LogP contribution in [0.15, 0.2) is 45.5 Å². The van der Waals surface area contributed by atoms with Crippen molar-refractivity contribution in [3.8, 4) is 0 Å². The fourth-order valence-electron chi connectivity index (χ4n) is 1.65. The molecule has 0 aliphatic carbocycles. The average Bonchev–Trinajstić information content (AvgIpc) is 2.67. The van der Waals surface area contributed by atoms with Gasteiger partial charge in [0.25, 0.3) is 0 Å². The molecule has 1 unspecified atom stereocenters. The van der Waals surface area contributed by atoms with E-state index in [9.17, 15) is 0 Å². The zero-order chi connectivity index (χ0) is 11.5. The maximum absolute atomic E-state index is 5.98. The van der Waals surface area contributed by atoms with Gasteiger partial charge in [0.2, 0.25) is 0 Å². The number of hydrogen-bond acceptors (Lipinski definition) is 2. The molecule has 2 nitrogen and oxygen atoms in total. The summed E-state index contributed by atoms with van der Waals surface area (Å²) in [5, 5.41) is 3.93. The third-order valence-electron chi connectivity index (χ3n) is 2.38. The quantitative estimate of drug-likeness (QED) is 0.926. The van der Waals surface area contributed by atoms with Crippen molar-refractivity contribution in [2.45, 2.75) is 6.04 Å². The Morgan fingerprint density at radius 1 is 1.38 bits per heavy atom. The van der Waals surface area contributed by atoms with Gasteiger partial charge in [0.1, 0.15) is 5.76 Å². The number of rotatable bonds is 3. The van der Waals surface area contributed by atoms with Gasteiger partial charge < -0.3 is 9.73 Å². The maximum Gasteiger partial charge on any atom is 0.139 e. The Hall–Kier alpha value is -0.770. The highest BCUT2D eigenvalue weighted by atomic mass is 79.9. The Balaban J connectivity index is 2.40. The Morgan fingerprint density at radius 2 is 2.19 bits per heavy atom. The Morgan fingerprint density at radius 3 is 2.75 bits per heavy atom. The number of furan rings is 1. The molecule has 0 amide bonds. The molecule has 0 aliphatic heterocycles. The van der Waals surface area contributed by atoms with Crippen LogP contribution in [0.5, 0.6) is 0 Å². The zero-order valence-electron chi connectivity index (χ0n) is 8.71. The summed E-state index contributed by atoms with van der Waals surface area (Å²) in [6.07, 6.45) is 1.66. The minimum Gasteiger partial charge on any atom is -0.466 e. The summed E-state index contributed by atoms with van der Waals surface area (Å²) < 4.78 is 6.41. The molecule has 2 rings (SSSR count). The van der Waals surface area contributed by atoms with Gasteiger partial charge in [0, 0.05) is 5.02 Å². The van der Waals surface area contributed by atoms with Gasteiger partial charge in [-0.3, -0.25) is 0 Å². The summed E-state index contributed by atoms with van der Waals surface area (Å²) in [5.74, 6) is 0.852. The lowest BCUT2D eigenvalue weighted by Crippen LogP contribution is -2.17. The number of hydrogen-bond donors (Lipinski definition) is 1. The van der Waals surface area contributed by atoms with Gasteiger partial charge in [-0.05, 0) is 46.7 Å². The first-order valence-electron chi connectivity index (χ1n) is 4.88. The second-order valence-electron chi connectivity index (χ2n) is 3.41.